The van der Waals surface area contributed by atoms with Gasteiger partial charge < -0.3 is 10.5 Å². The Bertz CT molecular complexity index is 219. The highest BCUT2D eigenvalue weighted by molar-refractivity contribution is 5.77. The van der Waals surface area contributed by atoms with Crippen LogP contribution in [0, 0.1) is 5.41 Å². The molecule has 2 aliphatic heterocycles. The molecule has 0 spiro atoms. The normalized spacial score (nSPS) is 35.2. The minimum absolute atomic E-state index is 0.288. The first-order valence-electron chi connectivity index (χ1n) is 4.87. The standard InChI is InChI=1S/C9H17N3O/c1-6(2-9(10)11)12-4-8-3-7(12)5-13-8/h6-8H,2-5H2,1H3,(H3,10,11). The van der Waals surface area contributed by atoms with Crippen molar-refractivity contribution >= 4 is 5.84 Å². The van der Waals surface area contributed by atoms with Gasteiger partial charge in [-0.15, -0.1) is 0 Å². The molecule has 2 saturated heterocycles. The molecule has 3 N–H and O–H groups in total. The van der Waals surface area contributed by atoms with Crippen LogP contribution in [-0.4, -0.2) is 42.1 Å². The molecule has 0 aromatic carbocycles. The van der Waals surface area contributed by atoms with E-state index in [1.54, 1.807) is 0 Å². The molecule has 0 aromatic heterocycles. The Labute approximate surface area is 78.5 Å². The lowest BCUT2D eigenvalue weighted by atomic mass is 10.1. The van der Waals surface area contributed by atoms with Crippen molar-refractivity contribution in [2.24, 2.45) is 5.73 Å². The predicted octanol–water partition coefficient (Wildman–Crippen LogP) is 0.174. The number of nitrogens with zero attached hydrogens (tertiary/aromatic N) is 1. The smallest absolute Gasteiger partial charge is 0.0920 e. The van der Waals surface area contributed by atoms with Gasteiger partial charge in [-0.1, -0.05) is 0 Å². The highest BCUT2D eigenvalue weighted by atomic mass is 16.5. The number of hydrogen-bond donors (Lipinski definition) is 2. The Hall–Kier alpha value is -0.610. The summed E-state index contributed by atoms with van der Waals surface area (Å²) < 4.78 is 5.51. The van der Waals surface area contributed by atoms with Gasteiger partial charge in [0.1, 0.15) is 0 Å². The van der Waals surface area contributed by atoms with Crippen LogP contribution in [-0.2, 0) is 4.74 Å². The second kappa shape index (κ2) is 3.27. The van der Waals surface area contributed by atoms with E-state index in [0.29, 0.717) is 24.6 Å². The number of ether oxygens (including phenoxy) is 1. The third kappa shape index (κ3) is 1.69. The summed E-state index contributed by atoms with van der Waals surface area (Å²) in [5.41, 5.74) is 5.38. The maximum Gasteiger partial charge on any atom is 0.0920 e. The van der Waals surface area contributed by atoms with E-state index in [0.717, 1.165) is 13.2 Å². The van der Waals surface area contributed by atoms with Crippen LogP contribution in [0.15, 0.2) is 0 Å². The van der Waals surface area contributed by atoms with Gasteiger partial charge in [-0.3, -0.25) is 10.3 Å². The third-order valence-corrected chi connectivity index (χ3v) is 3.02. The molecular weight excluding hydrogens is 166 g/mol. The van der Waals surface area contributed by atoms with E-state index in [1.165, 1.54) is 6.42 Å². The number of hydrogen-bond acceptors (Lipinski definition) is 3. The average Bonchev–Trinajstić information content (AvgIpc) is 2.62. The van der Waals surface area contributed by atoms with Crippen LogP contribution in [0.2, 0.25) is 0 Å². The van der Waals surface area contributed by atoms with Crippen molar-refractivity contribution in [3.05, 3.63) is 0 Å². The third-order valence-electron chi connectivity index (χ3n) is 3.02. The monoisotopic (exact) mass is 183 g/mol. The molecule has 0 aromatic rings. The fourth-order valence-electron chi connectivity index (χ4n) is 2.40. The van der Waals surface area contributed by atoms with Crippen molar-refractivity contribution < 1.29 is 4.74 Å². The first kappa shape index (κ1) is 8.97. The Balaban J connectivity index is 1.91. The van der Waals surface area contributed by atoms with Crippen LogP contribution in [0.5, 0.6) is 0 Å². The molecule has 2 heterocycles. The van der Waals surface area contributed by atoms with E-state index in [2.05, 4.69) is 11.8 Å². The van der Waals surface area contributed by atoms with E-state index in [9.17, 15) is 0 Å². The molecule has 3 atom stereocenters. The largest absolute Gasteiger partial charge is 0.388 e. The Kier molecular flexibility index (Phi) is 2.26. The topological polar surface area (TPSA) is 62.3 Å². The van der Waals surface area contributed by atoms with Crippen LogP contribution in [0.1, 0.15) is 19.8 Å². The number of morpholine rings is 1. The van der Waals surface area contributed by atoms with Gasteiger partial charge in [0, 0.05) is 25.0 Å². The zero-order valence-corrected chi connectivity index (χ0v) is 7.99. The lowest BCUT2D eigenvalue weighted by Crippen LogP contribution is -2.44. The molecule has 0 aliphatic carbocycles. The highest BCUT2D eigenvalue weighted by Gasteiger charge is 2.40. The molecule has 0 radical (unpaired) electrons. The molecule has 74 valence electrons. The molecular formula is C9H17N3O. The molecule has 0 saturated carbocycles. The summed E-state index contributed by atoms with van der Waals surface area (Å²) in [7, 11) is 0. The summed E-state index contributed by atoms with van der Waals surface area (Å²) in [5, 5.41) is 7.24. The number of rotatable bonds is 3. The Morgan fingerprint density at radius 3 is 3.00 bits per heavy atom. The minimum atomic E-state index is 0.288. The van der Waals surface area contributed by atoms with Crippen LogP contribution < -0.4 is 5.73 Å². The SMILES string of the molecule is CC(CC(=N)N)N1CC2CC1CO2. The van der Waals surface area contributed by atoms with Gasteiger partial charge >= 0.3 is 0 Å². The van der Waals surface area contributed by atoms with Gasteiger partial charge in [0.25, 0.3) is 0 Å². The fourth-order valence-corrected chi connectivity index (χ4v) is 2.40. The quantitative estimate of drug-likeness (QED) is 0.484. The average molecular weight is 183 g/mol. The van der Waals surface area contributed by atoms with Crippen molar-refractivity contribution in [1.29, 1.82) is 5.41 Å². The number of nitrogens with one attached hydrogen (secondary N) is 1. The first-order valence-corrected chi connectivity index (χ1v) is 4.87. The van der Waals surface area contributed by atoms with Gasteiger partial charge in [-0.05, 0) is 13.3 Å². The molecule has 4 heteroatoms. The van der Waals surface area contributed by atoms with Crippen LogP contribution in [0.3, 0.4) is 0 Å². The lowest BCUT2D eigenvalue weighted by molar-refractivity contribution is 0.0159. The van der Waals surface area contributed by atoms with E-state index in [1.807, 2.05) is 0 Å². The zero-order chi connectivity index (χ0) is 9.42. The van der Waals surface area contributed by atoms with Gasteiger partial charge in [-0.2, -0.15) is 0 Å². The summed E-state index contributed by atoms with van der Waals surface area (Å²) in [6.45, 7) is 4.04. The molecule has 2 rings (SSSR count). The molecule has 2 fully saturated rings. The maximum absolute atomic E-state index is 7.24. The summed E-state index contributed by atoms with van der Waals surface area (Å²) in [5.74, 6) is 0.288. The molecule has 4 nitrogen and oxygen atoms in total. The Morgan fingerprint density at radius 2 is 2.54 bits per heavy atom. The van der Waals surface area contributed by atoms with E-state index < -0.39 is 0 Å². The van der Waals surface area contributed by atoms with E-state index in [4.69, 9.17) is 15.9 Å². The molecule has 2 bridgehead atoms. The predicted molar refractivity (Wildman–Crippen MR) is 50.8 cm³/mol. The van der Waals surface area contributed by atoms with Gasteiger partial charge in [0.05, 0.1) is 18.5 Å². The summed E-state index contributed by atoms with van der Waals surface area (Å²) in [4.78, 5) is 2.43. The molecule has 3 unspecified atom stereocenters. The number of fused-ring (bicyclic) bond motifs is 2. The molecule has 13 heavy (non-hydrogen) atoms. The number of amidine groups is 1. The van der Waals surface area contributed by atoms with Crippen molar-refractivity contribution in [2.45, 2.75) is 38.0 Å². The molecule has 2 aliphatic rings. The zero-order valence-electron chi connectivity index (χ0n) is 7.99. The second-order valence-electron chi connectivity index (χ2n) is 4.12. The van der Waals surface area contributed by atoms with Crippen molar-refractivity contribution in [2.75, 3.05) is 13.2 Å². The van der Waals surface area contributed by atoms with Crippen molar-refractivity contribution in [3.8, 4) is 0 Å². The van der Waals surface area contributed by atoms with Gasteiger partial charge in [0.15, 0.2) is 0 Å². The van der Waals surface area contributed by atoms with Crippen LogP contribution in [0.4, 0.5) is 0 Å². The van der Waals surface area contributed by atoms with Crippen LogP contribution in [0.25, 0.3) is 0 Å². The number of likely N-dealkylation sites (tertiary alicyclic amines) is 1. The van der Waals surface area contributed by atoms with Crippen LogP contribution >= 0.6 is 0 Å². The summed E-state index contributed by atoms with van der Waals surface area (Å²) in [6, 6.07) is 0.982. The Morgan fingerprint density at radius 1 is 1.77 bits per heavy atom. The molecule has 0 amide bonds. The summed E-state index contributed by atoms with van der Waals surface area (Å²) in [6.07, 6.45) is 2.30. The van der Waals surface area contributed by atoms with Gasteiger partial charge in [-0.25, -0.2) is 0 Å². The number of nitrogens with two attached hydrogens (primary N) is 1. The first-order chi connectivity index (χ1) is 6.16. The van der Waals surface area contributed by atoms with E-state index >= 15 is 0 Å². The highest BCUT2D eigenvalue weighted by Crippen LogP contribution is 2.29. The summed E-state index contributed by atoms with van der Waals surface area (Å²) >= 11 is 0. The fraction of sp³-hybridized carbons (Fsp3) is 0.889. The lowest BCUT2D eigenvalue weighted by Gasteiger charge is -2.32. The van der Waals surface area contributed by atoms with Crippen molar-refractivity contribution in [3.63, 3.8) is 0 Å². The second-order valence-corrected chi connectivity index (χ2v) is 4.12. The maximum atomic E-state index is 7.24. The van der Waals surface area contributed by atoms with E-state index in [-0.39, 0.29) is 5.84 Å². The van der Waals surface area contributed by atoms with Gasteiger partial charge in [0.2, 0.25) is 0 Å². The van der Waals surface area contributed by atoms with Crippen molar-refractivity contribution in [1.82, 2.24) is 4.90 Å². The minimum Gasteiger partial charge on any atom is -0.388 e.